The van der Waals surface area contributed by atoms with E-state index in [9.17, 15) is 14.4 Å². The number of hydrogen-bond acceptors (Lipinski definition) is 3. The molecule has 0 aromatic heterocycles. The molecule has 3 nitrogen and oxygen atoms in total. The molecule has 0 saturated heterocycles. The molecule has 0 radical (unpaired) electrons. The molecular weight excluding hydrogens is 204 g/mol. The molecule has 1 saturated carbocycles. The third kappa shape index (κ3) is 2.13. The summed E-state index contributed by atoms with van der Waals surface area (Å²) < 4.78 is 0. The Labute approximate surface area is 95.9 Å². The van der Waals surface area contributed by atoms with Crippen LogP contribution in [-0.2, 0) is 14.4 Å². The first kappa shape index (κ1) is 12.8. The van der Waals surface area contributed by atoms with Crippen LogP contribution in [0.15, 0.2) is 12.7 Å². The highest BCUT2D eigenvalue weighted by molar-refractivity contribution is 6.24. The van der Waals surface area contributed by atoms with Gasteiger partial charge in [-0.25, -0.2) is 0 Å². The topological polar surface area (TPSA) is 51.2 Å². The smallest absolute Gasteiger partial charge is 0.154 e. The molecule has 1 unspecified atom stereocenters. The number of hydrogen-bond donors (Lipinski definition) is 0. The van der Waals surface area contributed by atoms with Crippen molar-refractivity contribution in [3.8, 4) is 0 Å². The number of carbonyl (C=O) groups excluding carboxylic acids is 3. The average molecular weight is 222 g/mol. The number of Topliss-reactive ketones (excluding diaryl/α,β-unsaturated/α-hetero) is 3. The molecule has 0 heterocycles. The molecule has 0 amide bonds. The van der Waals surface area contributed by atoms with Crippen LogP contribution in [0.5, 0.6) is 0 Å². The van der Waals surface area contributed by atoms with Gasteiger partial charge in [-0.15, -0.1) is 6.58 Å². The zero-order valence-corrected chi connectivity index (χ0v) is 9.75. The average Bonchev–Trinajstić information content (AvgIpc) is 2.26. The third-order valence-electron chi connectivity index (χ3n) is 3.33. The summed E-state index contributed by atoms with van der Waals surface area (Å²) in [5.41, 5.74) is -1.32. The van der Waals surface area contributed by atoms with Crippen LogP contribution in [0, 0.1) is 5.41 Å². The standard InChI is InChI=1S/C13H18O3/c1-3-4-7-11(15)13(10(2)14)9-6-5-8-12(13)16/h3H,1,4-9H2,2H3. The number of allylic oxidation sites excluding steroid dienone is 1. The SMILES string of the molecule is C=CCCC(=O)C1(C(C)=O)CCCCC1=O. The van der Waals surface area contributed by atoms with Crippen molar-refractivity contribution in [3.63, 3.8) is 0 Å². The Morgan fingerprint density at radius 3 is 2.62 bits per heavy atom. The predicted octanol–water partition coefficient (Wildman–Crippen LogP) is 2.24. The van der Waals surface area contributed by atoms with Crippen LogP contribution in [0.4, 0.5) is 0 Å². The highest BCUT2D eigenvalue weighted by Gasteiger charge is 2.49. The Hall–Kier alpha value is -1.25. The van der Waals surface area contributed by atoms with E-state index in [-0.39, 0.29) is 23.8 Å². The summed E-state index contributed by atoms with van der Waals surface area (Å²) in [6, 6.07) is 0. The van der Waals surface area contributed by atoms with Gasteiger partial charge in [-0.3, -0.25) is 14.4 Å². The van der Waals surface area contributed by atoms with Crippen molar-refractivity contribution < 1.29 is 14.4 Å². The van der Waals surface area contributed by atoms with Gasteiger partial charge in [0, 0.05) is 12.8 Å². The van der Waals surface area contributed by atoms with Gasteiger partial charge in [0.25, 0.3) is 0 Å². The second-order valence-electron chi connectivity index (χ2n) is 4.34. The third-order valence-corrected chi connectivity index (χ3v) is 3.33. The molecule has 1 aliphatic rings. The van der Waals surface area contributed by atoms with Gasteiger partial charge < -0.3 is 0 Å². The van der Waals surface area contributed by atoms with Crippen LogP contribution in [0.3, 0.4) is 0 Å². The summed E-state index contributed by atoms with van der Waals surface area (Å²) in [5, 5.41) is 0. The fourth-order valence-corrected chi connectivity index (χ4v) is 2.34. The van der Waals surface area contributed by atoms with Gasteiger partial charge in [-0.1, -0.05) is 12.5 Å². The fourth-order valence-electron chi connectivity index (χ4n) is 2.34. The maximum atomic E-state index is 12.0. The zero-order valence-electron chi connectivity index (χ0n) is 9.75. The van der Waals surface area contributed by atoms with Gasteiger partial charge in [0.1, 0.15) is 5.41 Å². The van der Waals surface area contributed by atoms with E-state index in [1.165, 1.54) is 6.92 Å². The van der Waals surface area contributed by atoms with E-state index in [0.29, 0.717) is 19.3 Å². The molecule has 0 aromatic carbocycles. The Kier molecular flexibility index (Phi) is 4.16. The summed E-state index contributed by atoms with van der Waals surface area (Å²) in [4.78, 5) is 35.6. The lowest BCUT2D eigenvalue weighted by molar-refractivity contribution is -0.150. The quantitative estimate of drug-likeness (QED) is 0.529. The maximum Gasteiger partial charge on any atom is 0.154 e. The predicted molar refractivity (Wildman–Crippen MR) is 61.0 cm³/mol. The molecule has 0 N–H and O–H groups in total. The van der Waals surface area contributed by atoms with E-state index in [1.54, 1.807) is 6.08 Å². The van der Waals surface area contributed by atoms with Crippen LogP contribution in [0.1, 0.15) is 45.4 Å². The monoisotopic (exact) mass is 222 g/mol. The van der Waals surface area contributed by atoms with Crippen molar-refractivity contribution in [1.82, 2.24) is 0 Å². The van der Waals surface area contributed by atoms with Gasteiger partial charge in [0.2, 0.25) is 0 Å². The molecular formula is C13H18O3. The molecule has 0 spiro atoms. The van der Waals surface area contributed by atoms with Crippen LogP contribution < -0.4 is 0 Å². The summed E-state index contributed by atoms with van der Waals surface area (Å²) in [6.07, 6.45) is 4.75. The van der Waals surface area contributed by atoms with Gasteiger partial charge in [-0.2, -0.15) is 0 Å². The van der Waals surface area contributed by atoms with Gasteiger partial charge in [0.05, 0.1) is 0 Å². The van der Waals surface area contributed by atoms with Gasteiger partial charge >= 0.3 is 0 Å². The number of carbonyl (C=O) groups is 3. The maximum absolute atomic E-state index is 12.0. The second kappa shape index (κ2) is 5.19. The van der Waals surface area contributed by atoms with Gasteiger partial charge in [-0.05, 0) is 26.2 Å². The van der Waals surface area contributed by atoms with Crippen molar-refractivity contribution in [2.45, 2.75) is 45.4 Å². The van der Waals surface area contributed by atoms with E-state index < -0.39 is 5.41 Å². The minimum atomic E-state index is -1.32. The Balaban J connectivity index is 2.95. The molecule has 1 atom stereocenters. The minimum absolute atomic E-state index is 0.180. The van der Waals surface area contributed by atoms with Crippen molar-refractivity contribution in [2.75, 3.05) is 0 Å². The van der Waals surface area contributed by atoms with Crippen molar-refractivity contribution >= 4 is 17.3 Å². The Morgan fingerprint density at radius 1 is 1.44 bits per heavy atom. The molecule has 0 aromatic rings. The summed E-state index contributed by atoms with van der Waals surface area (Å²) in [6.45, 7) is 4.90. The van der Waals surface area contributed by atoms with Crippen LogP contribution in [0.2, 0.25) is 0 Å². The second-order valence-corrected chi connectivity index (χ2v) is 4.34. The summed E-state index contributed by atoms with van der Waals surface area (Å²) in [7, 11) is 0. The van der Waals surface area contributed by atoms with Crippen LogP contribution in [0.25, 0.3) is 0 Å². The normalized spacial score (nSPS) is 25.2. The summed E-state index contributed by atoms with van der Waals surface area (Å²) >= 11 is 0. The van der Waals surface area contributed by atoms with Crippen LogP contribution >= 0.6 is 0 Å². The molecule has 16 heavy (non-hydrogen) atoms. The molecule has 1 aliphatic carbocycles. The van der Waals surface area contributed by atoms with Crippen LogP contribution in [-0.4, -0.2) is 17.3 Å². The molecule has 0 aliphatic heterocycles. The van der Waals surface area contributed by atoms with E-state index in [1.807, 2.05) is 0 Å². The highest BCUT2D eigenvalue weighted by Crippen LogP contribution is 2.36. The minimum Gasteiger partial charge on any atom is -0.298 e. The summed E-state index contributed by atoms with van der Waals surface area (Å²) in [5.74, 6) is -0.684. The van der Waals surface area contributed by atoms with E-state index >= 15 is 0 Å². The largest absolute Gasteiger partial charge is 0.298 e. The number of ketones is 3. The van der Waals surface area contributed by atoms with Gasteiger partial charge in [0.15, 0.2) is 17.3 Å². The highest BCUT2D eigenvalue weighted by atomic mass is 16.2. The first-order valence-electron chi connectivity index (χ1n) is 5.74. The lowest BCUT2D eigenvalue weighted by Crippen LogP contribution is -2.47. The molecule has 88 valence electrons. The first-order valence-corrected chi connectivity index (χ1v) is 5.74. The van der Waals surface area contributed by atoms with E-state index in [2.05, 4.69) is 6.58 Å². The lowest BCUT2D eigenvalue weighted by atomic mass is 9.67. The van der Waals surface area contributed by atoms with Crippen molar-refractivity contribution in [3.05, 3.63) is 12.7 Å². The molecule has 3 heteroatoms. The Bertz CT molecular complexity index is 330. The lowest BCUT2D eigenvalue weighted by Gasteiger charge is -2.31. The molecule has 1 rings (SSSR count). The zero-order chi connectivity index (χ0) is 12.2. The number of rotatable bonds is 5. The Morgan fingerprint density at radius 2 is 2.12 bits per heavy atom. The van der Waals surface area contributed by atoms with Crippen molar-refractivity contribution in [1.29, 1.82) is 0 Å². The molecule has 0 bridgehead atoms. The first-order chi connectivity index (χ1) is 7.55. The van der Waals surface area contributed by atoms with E-state index in [4.69, 9.17) is 0 Å². The fraction of sp³-hybridized carbons (Fsp3) is 0.615. The van der Waals surface area contributed by atoms with E-state index in [0.717, 1.165) is 12.8 Å². The van der Waals surface area contributed by atoms with Crippen molar-refractivity contribution in [2.24, 2.45) is 5.41 Å². The molecule has 1 fully saturated rings.